The third kappa shape index (κ3) is 6.31. The number of aliphatic carboxylic acids is 1. The van der Waals surface area contributed by atoms with E-state index < -0.39 is 29.6 Å². The molecule has 4 bridgehead atoms. The van der Waals surface area contributed by atoms with E-state index in [0.29, 0.717) is 18.3 Å². The zero-order valence-corrected chi connectivity index (χ0v) is 25.9. The van der Waals surface area contributed by atoms with Crippen molar-refractivity contribution >= 4 is 51.5 Å². The molecule has 2 amide bonds. The maximum atomic E-state index is 14.1. The standard InChI is InChI=1S/C33H38IN3O5/c1-33(17-24-18-35-28-5-3-2-4-27(24)28,31(40)36-26(16-29(38)39)15-19-6-8-25(34)9-7-19)37-32(41)42-30-22-11-20-10-21(13-22)14-23(30)12-20/h2-9,18,20-23,26,30,35H,10-17H2,1H3,(H,36,40)(H,37,41)(H,38,39)/t20?,21?,22?,23?,26-,30?,33+/m0/s1. The minimum absolute atomic E-state index is 0.112. The van der Waals surface area contributed by atoms with Gasteiger partial charge in [0.25, 0.3) is 0 Å². The summed E-state index contributed by atoms with van der Waals surface area (Å²) in [7, 11) is 0. The van der Waals surface area contributed by atoms with Crippen LogP contribution in [0.1, 0.15) is 56.6 Å². The SMILES string of the molecule is C[C@](Cc1c[nH]c2ccccc12)(NC(=O)OC1C2CC3CC(C2)CC1C3)C(=O)N[C@H](CC(=O)O)Cc1ccc(I)cc1. The van der Waals surface area contributed by atoms with Crippen LogP contribution < -0.4 is 10.6 Å². The molecule has 4 N–H and O–H groups in total. The fraction of sp³-hybridized carbons (Fsp3) is 0.485. The van der Waals surface area contributed by atoms with Crippen LogP contribution in [0.3, 0.4) is 0 Å². The Hall–Kier alpha value is -3.08. The number of hydrogen-bond acceptors (Lipinski definition) is 4. The molecule has 9 heteroatoms. The smallest absolute Gasteiger partial charge is 0.408 e. The molecule has 0 radical (unpaired) electrons. The van der Waals surface area contributed by atoms with E-state index in [1.54, 1.807) is 6.92 Å². The normalized spacial score (nSPS) is 26.4. The van der Waals surface area contributed by atoms with Crippen LogP contribution in [0.25, 0.3) is 10.9 Å². The molecule has 42 heavy (non-hydrogen) atoms. The minimum atomic E-state index is -1.38. The molecule has 222 valence electrons. The summed E-state index contributed by atoms with van der Waals surface area (Å²) in [5, 5.41) is 16.5. The first-order chi connectivity index (χ1) is 20.1. The highest BCUT2D eigenvalue weighted by atomic mass is 127. The average Bonchev–Trinajstić information content (AvgIpc) is 3.33. The van der Waals surface area contributed by atoms with Crippen molar-refractivity contribution in [2.75, 3.05) is 0 Å². The molecule has 7 rings (SSSR count). The van der Waals surface area contributed by atoms with E-state index in [9.17, 15) is 19.5 Å². The summed E-state index contributed by atoms with van der Waals surface area (Å²) in [6.45, 7) is 1.70. The van der Waals surface area contributed by atoms with Crippen LogP contribution in [-0.2, 0) is 27.2 Å². The van der Waals surface area contributed by atoms with Crippen LogP contribution >= 0.6 is 22.6 Å². The minimum Gasteiger partial charge on any atom is -0.481 e. The van der Waals surface area contributed by atoms with Gasteiger partial charge in [0.05, 0.1) is 6.42 Å². The molecule has 4 fully saturated rings. The first-order valence-corrected chi connectivity index (χ1v) is 16.0. The number of carbonyl (C=O) groups excluding carboxylic acids is 2. The van der Waals surface area contributed by atoms with Crippen molar-refractivity contribution in [3.8, 4) is 0 Å². The van der Waals surface area contributed by atoms with Crippen molar-refractivity contribution in [2.45, 2.75) is 76.0 Å². The van der Waals surface area contributed by atoms with Crippen molar-refractivity contribution in [3.63, 3.8) is 0 Å². The van der Waals surface area contributed by atoms with E-state index >= 15 is 0 Å². The van der Waals surface area contributed by atoms with Crippen LogP contribution in [0, 0.1) is 27.2 Å². The van der Waals surface area contributed by atoms with Crippen LogP contribution in [0.2, 0.25) is 0 Å². The topological polar surface area (TPSA) is 121 Å². The number of para-hydroxylation sites is 1. The Bertz CT molecular complexity index is 1440. The molecule has 8 nitrogen and oxygen atoms in total. The number of aromatic amines is 1. The van der Waals surface area contributed by atoms with Gasteiger partial charge in [-0.3, -0.25) is 9.59 Å². The zero-order chi connectivity index (χ0) is 29.4. The Kier molecular flexibility index (Phi) is 8.22. The van der Waals surface area contributed by atoms with E-state index in [1.165, 1.54) is 6.42 Å². The maximum absolute atomic E-state index is 14.1. The van der Waals surface area contributed by atoms with Crippen molar-refractivity contribution in [1.82, 2.24) is 15.6 Å². The van der Waals surface area contributed by atoms with E-state index in [1.807, 2.05) is 54.7 Å². The van der Waals surface area contributed by atoms with Crippen LogP contribution in [-0.4, -0.2) is 45.7 Å². The number of aromatic nitrogens is 1. The Labute approximate surface area is 259 Å². The number of hydrogen-bond donors (Lipinski definition) is 4. The molecule has 1 aromatic heterocycles. The molecule has 0 aliphatic heterocycles. The van der Waals surface area contributed by atoms with E-state index in [-0.39, 0.29) is 18.9 Å². The number of rotatable bonds is 10. The second kappa shape index (κ2) is 11.9. The number of carboxylic acid groups (broad SMARTS) is 1. The number of fused-ring (bicyclic) bond motifs is 1. The molecule has 0 spiro atoms. The fourth-order valence-electron chi connectivity index (χ4n) is 7.92. The summed E-state index contributed by atoms with van der Waals surface area (Å²) >= 11 is 2.22. The monoisotopic (exact) mass is 683 g/mol. The zero-order valence-electron chi connectivity index (χ0n) is 23.8. The summed E-state index contributed by atoms with van der Waals surface area (Å²) in [6.07, 6.45) is 7.28. The first kappa shape index (κ1) is 29.0. The summed E-state index contributed by atoms with van der Waals surface area (Å²) in [4.78, 5) is 42.6. The number of halogens is 1. The van der Waals surface area contributed by atoms with Gasteiger partial charge in [-0.05, 0) is 121 Å². The van der Waals surface area contributed by atoms with Crippen molar-refractivity contribution in [3.05, 3.63) is 69.4 Å². The Morgan fingerprint density at radius 3 is 2.36 bits per heavy atom. The number of carboxylic acids is 1. The number of amides is 2. The van der Waals surface area contributed by atoms with Gasteiger partial charge in [-0.1, -0.05) is 30.3 Å². The van der Waals surface area contributed by atoms with Crippen LogP contribution in [0.15, 0.2) is 54.7 Å². The van der Waals surface area contributed by atoms with Gasteiger partial charge in [0.15, 0.2) is 0 Å². The van der Waals surface area contributed by atoms with E-state index in [2.05, 4.69) is 38.2 Å². The summed E-state index contributed by atoms with van der Waals surface area (Å²) < 4.78 is 7.20. The number of nitrogens with one attached hydrogen (secondary N) is 3. The lowest BCUT2D eigenvalue weighted by molar-refractivity contribution is -0.138. The second-order valence-corrected chi connectivity index (χ2v) is 14.1. The molecule has 2 aromatic carbocycles. The van der Waals surface area contributed by atoms with Gasteiger partial charge >= 0.3 is 12.1 Å². The quantitative estimate of drug-likeness (QED) is 0.201. The number of carbonyl (C=O) groups is 3. The van der Waals surface area contributed by atoms with Gasteiger partial charge in [0.1, 0.15) is 11.6 Å². The number of H-pyrrole nitrogens is 1. The van der Waals surface area contributed by atoms with Gasteiger partial charge in [-0.2, -0.15) is 0 Å². The average molecular weight is 684 g/mol. The number of ether oxygens (including phenoxy) is 1. The summed E-state index contributed by atoms with van der Waals surface area (Å²) in [5.41, 5.74) is 1.37. The van der Waals surface area contributed by atoms with E-state index in [4.69, 9.17) is 4.74 Å². The highest BCUT2D eigenvalue weighted by Crippen LogP contribution is 2.54. The predicted octanol–water partition coefficient (Wildman–Crippen LogP) is 5.83. The van der Waals surface area contributed by atoms with Gasteiger partial charge in [-0.15, -0.1) is 0 Å². The van der Waals surface area contributed by atoms with Crippen LogP contribution in [0.5, 0.6) is 0 Å². The second-order valence-electron chi connectivity index (χ2n) is 12.9. The largest absolute Gasteiger partial charge is 0.481 e. The lowest BCUT2D eigenvalue weighted by atomic mass is 9.55. The summed E-state index contributed by atoms with van der Waals surface area (Å²) in [6, 6.07) is 15.0. The Morgan fingerprint density at radius 2 is 1.69 bits per heavy atom. The molecule has 1 heterocycles. The number of benzene rings is 2. The van der Waals surface area contributed by atoms with Gasteiger partial charge in [0, 0.05) is 33.1 Å². The third-order valence-electron chi connectivity index (χ3n) is 9.63. The van der Waals surface area contributed by atoms with Gasteiger partial charge in [0.2, 0.25) is 5.91 Å². The van der Waals surface area contributed by atoms with Crippen molar-refractivity contribution in [1.29, 1.82) is 0 Å². The Balaban J connectivity index is 1.22. The van der Waals surface area contributed by atoms with Crippen molar-refractivity contribution in [2.24, 2.45) is 23.7 Å². The van der Waals surface area contributed by atoms with E-state index in [0.717, 1.165) is 63.1 Å². The van der Waals surface area contributed by atoms with Crippen molar-refractivity contribution < 1.29 is 24.2 Å². The molecular weight excluding hydrogens is 645 g/mol. The lowest BCUT2D eigenvalue weighted by Crippen LogP contribution is -2.61. The highest BCUT2D eigenvalue weighted by molar-refractivity contribution is 14.1. The van der Waals surface area contributed by atoms with Crippen LogP contribution in [0.4, 0.5) is 4.79 Å². The molecule has 0 saturated heterocycles. The van der Waals surface area contributed by atoms with Gasteiger partial charge in [-0.25, -0.2) is 4.79 Å². The third-order valence-corrected chi connectivity index (χ3v) is 10.4. The first-order valence-electron chi connectivity index (χ1n) is 15.0. The summed E-state index contributed by atoms with van der Waals surface area (Å²) in [5.74, 6) is 0.870. The molecule has 4 aliphatic carbocycles. The van der Waals surface area contributed by atoms with Gasteiger partial charge < -0.3 is 25.5 Å². The highest BCUT2D eigenvalue weighted by Gasteiger charge is 2.50. The number of alkyl carbamates (subject to hydrolysis) is 1. The fourth-order valence-corrected chi connectivity index (χ4v) is 8.28. The molecule has 4 saturated carbocycles. The molecule has 3 aromatic rings. The predicted molar refractivity (Wildman–Crippen MR) is 168 cm³/mol. The lowest BCUT2D eigenvalue weighted by Gasteiger charge is -2.53. The molecular formula is C33H38IN3O5. The molecule has 0 unspecified atom stereocenters. The molecule has 4 aliphatic rings. The maximum Gasteiger partial charge on any atom is 0.408 e. The molecule has 2 atom stereocenters. The Morgan fingerprint density at radius 1 is 1.02 bits per heavy atom.